The molecule has 1 rings (SSSR count). The molecule has 10 heavy (non-hydrogen) atoms. The number of aromatic nitrogens is 1. The standard InChI is InChI=1S/C6H5ClFNO/c1-10-4-2-3-9-6(8)5(4)7/h2-3H,1H3. The van der Waals surface area contributed by atoms with E-state index in [0.29, 0.717) is 5.75 Å². The number of nitrogens with zero attached hydrogens (tertiary/aromatic N) is 1. The van der Waals surface area contributed by atoms with Crippen LogP contribution in [0.1, 0.15) is 0 Å². The summed E-state index contributed by atoms with van der Waals surface area (Å²) in [6, 6.07) is 1.49. The van der Waals surface area contributed by atoms with Gasteiger partial charge in [0.25, 0.3) is 0 Å². The maximum absolute atomic E-state index is 12.4. The molecule has 0 radical (unpaired) electrons. The summed E-state index contributed by atoms with van der Waals surface area (Å²) >= 11 is 5.43. The number of hydrogen-bond acceptors (Lipinski definition) is 2. The van der Waals surface area contributed by atoms with Crippen LogP contribution >= 0.6 is 11.6 Å². The zero-order valence-corrected chi connectivity index (χ0v) is 6.02. The van der Waals surface area contributed by atoms with Gasteiger partial charge in [0.1, 0.15) is 10.8 Å². The summed E-state index contributed by atoms with van der Waals surface area (Å²) in [4.78, 5) is 3.31. The van der Waals surface area contributed by atoms with Crippen LogP contribution in [0.4, 0.5) is 4.39 Å². The van der Waals surface area contributed by atoms with E-state index >= 15 is 0 Å². The monoisotopic (exact) mass is 161 g/mol. The lowest BCUT2D eigenvalue weighted by Crippen LogP contribution is -1.88. The van der Waals surface area contributed by atoms with Crippen molar-refractivity contribution in [2.75, 3.05) is 7.11 Å². The molecule has 0 saturated carbocycles. The molecule has 0 spiro atoms. The van der Waals surface area contributed by atoms with Gasteiger partial charge in [-0.2, -0.15) is 4.39 Å². The number of hydrogen-bond donors (Lipinski definition) is 0. The van der Waals surface area contributed by atoms with E-state index in [4.69, 9.17) is 16.3 Å². The van der Waals surface area contributed by atoms with Crippen LogP contribution in [0.2, 0.25) is 5.02 Å². The lowest BCUT2D eigenvalue weighted by molar-refractivity contribution is 0.409. The fourth-order valence-corrected chi connectivity index (χ4v) is 0.748. The van der Waals surface area contributed by atoms with Crippen LogP contribution in [0.5, 0.6) is 5.75 Å². The van der Waals surface area contributed by atoms with Crippen molar-refractivity contribution in [3.05, 3.63) is 23.2 Å². The van der Waals surface area contributed by atoms with Crippen LogP contribution in [0.3, 0.4) is 0 Å². The van der Waals surface area contributed by atoms with Crippen LogP contribution in [-0.4, -0.2) is 12.1 Å². The first-order chi connectivity index (χ1) is 4.75. The van der Waals surface area contributed by atoms with Gasteiger partial charge in [-0.1, -0.05) is 11.6 Å². The van der Waals surface area contributed by atoms with E-state index in [1.54, 1.807) is 0 Å². The Morgan fingerprint density at radius 3 is 2.90 bits per heavy atom. The first-order valence-corrected chi connectivity index (χ1v) is 2.97. The highest BCUT2D eigenvalue weighted by atomic mass is 35.5. The van der Waals surface area contributed by atoms with Crippen LogP contribution in [0.25, 0.3) is 0 Å². The molecule has 0 unspecified atom stereocenters. The van der Waals surface area contributed by atoms with Crippen molar-refractivity contribution in [3.63, 3.8) is 0 Å². The molecule has 0 aliphatic rings. The van der Waals surface area contributed by atoms with E-state index in [-0.39, 0.29) is 5.02 Å². The topological polar surface area (TPSA) is 22.1 Å². The molecule has 0 aromatic carbocycles. The van der Waals surface area contributed by atoms with Crippen LogP contribution < -0.4 is 4.74 Å². The Bertz CT molecular complexity index is 241. The summed E-state index contributed by atoms with van der Waals surface area (Å²) in [7, 11) is 1.42. The van der Waals surface area contributed by atoms with E-state index in [1.165, 1.54) is 19.4 Å². The van der Waals surface area contributed by atoms with Crippen molar-refractivity contribution in [1.82, 2.24) is 4.98 Å². The van der Waals surface area contributed by atoms with E-state index in [1.807, 2.05) is 0 Å². The Morgan fingerprint density at radius 2 is 2.40 bits per heavy atom. The van der Waals surface area contributed by atoms with Gasteiger partial charge in [0.05, 0.1) is 7.11 Å². The van der Waals surface area contributed by atoms with Crippen LogP contribution in [0, 0.1) is 5.95 Å². The minimum atomic E-state index is -0.707. The largest absolute Gasteiger partial charge is 0.495 e. The highest BCUT2D eigenvalue weighted by Gasteiger charge is 2.05. The molecule has 54 valence electrons. The Hall–Kier alpha value is -0.830. The van der Waals surface area contributed by atoms with Gasteiger partial charge >= 0.3 is 0 Å². The van der Waals surface area contributed by atoms with Gasteiger partial charge in [0.2, 0.25) is 5.95 Å². The van der Waals surface area contributed by atoms with Gasteiger partial charge in [-0.3, -0.25) is 0 Å². The van der Waals surface area contributed by atoms with Gasteiger partial charge < -0.3 is 4.74 Å². The molecule has 0 saturated heterocycles. The molecular formula is C6H5ClFNO. The van der Waals surface area contributed by atoms with Gasteiger partial charge in [-0.05, 0) is 0 Å². The van der Waals surface area contributed by atoms with Gasteiger partial charge in [-0.15, -0.1) is 0 Å². The van der Waals surface area contributed by atoms with Crippen molar-refractivity contribution in [2.45, 2.75) is 0 Å². The average Bonchev–Trinajstić information content (AvgIpc) is 1.95. The number of halogens is 2. The number of rotatable bonds is 1. The molecule has 0 aliphatic heterocycles. The zero-order chi connectivity index (χ0) is 7.56. The third-order valence-electron chi connectivity index (χ3n) is 1.03. The summed E-state index contributed by atoms with van der Waals surface area (Å²) in [5, 5.41) is -0.0787. The molecule has 1 heterocycles. The fraction of sp³-hybridized carbons (Fsp3) is 0.167. The molecule has 0 atom stereocenters. The fourth-order valence-electron chi connectivity index (χ4n) is 0.560. The summed E-state index contributed by atoms with van der Waals surface area (Å²) in [6.45, 7) is 0. The highest BCUT2D eigenvalue weighted by molar-refractivity contribution is 6.32. The molecule has 4 heteroatoms. The SMILES string of the molecule is COc1ccnc(F)c1Cl. The molecule has 0 aliphatic carbocycles. The second kappa shape index (κ2) is 2.84. The lowest BCUT2D eigenvalue weighted by Gasteiger charge is -2.00. The number of ether oxygens (including phenoxy) is 1. The summed E-state index contributed by atoms with van der Waals surface area (Å²) in [6.07, 6.45) is 1.29. The van der Waals surface area contributed by atoms with Crippen molar-refractivity contribution in [3.8, 4) is 5.75 Å². The first kappa shape index (κ1) is 7.28. The molecule has 1 aromatic rings. The summed E-state index contributed by atoms with van der Waals surface area (Å²) < 4.78 is 17.2. The minimum Gasteiger partial charge on any atom is -0.495 e. The van der Waals surface area contributed by atoms with Crippen molar-refractivity contribution >= 4 is 11.6 Å². The van der Waals surface area contributed by atoms with Crippen molar-refractivity contribution in [1.29, 1.82) is 0 Å². The van der Waals surface area contributed by atoms with Crippen LogP contribution in [0.15, 0.2) is 12.3 Å². The second-order valence-corrected chi connectivity index (χ2v) is 2.00. The molecule has 1 aromatic heterocycles. The first-order valence-electron chi connectivity index (χ1n) is 2.59. The summed E-state index contributed by atoms with van der Waals surface area (Å²) in [5.41, 5.74) is 0. The Kier molecular flexibility index (Phi) is 2.06. The predicted octanol–water partition coefficient (Wildman–Crippen LogP) is 1.88. The smallest absolute Gasteiger partial charge is 0.235 e. The number of methoxy groups -OCH3 is 1. The van der Waals surface area contributed by atoms with Crippen molar-refractivity contribution < 1.29 is 9.13 Å². The molecule has 0 fully saturated rings. The summed E-state index contributed by atoms with van der Waals surface area (Å²) in [5.74, 6) is -0.407. The van der Waals surface area contributed by atoms with Crippen molar-refractivity contribution in [2.24, 2.45) is 0 Å². The second-order valence-electron chi connectivity index (χ2n) is 1.62. The Morgan fingerprint density at radius 1 is 1.70 bits per heavy atom. The maximum atomic E-state index is 12.4. The normalized spacial score (nSPS) is 9.50. The Balaban J connectivity index is 3.14. The van der Waals surface area contributed by atoms with Gasteiger partial charge in [-0.25, -0.2) is 4.98 Å². The van der Waals surface area contributed by atoms with Gasteiger partial charge in [0, 0.05) is 12.3 Å². The minimum absolute atomic E-state index is 0.0787. The third-order valence-corrected chi connectivity index (χ3v) is 1.37. The Labute approximate surface area is 62.6 Å². The number of pyridine rings is 1. The lowest BCUT2D eigenvalue weighted by atomic mass is 10.4. The highest BCUT2D eigenvalue weighted by Crippen LogP contribution is 2.24. The zero-order valence-electron chi connectivity index (χ0n) is 5.27. The molecule has 0 bridgehead atoms. The van der Waals surface area contributed by atoms with Gasteiger partial charge in [0.15, 0.2) is 0 Å². The van der Waals surface area contributed by atoms with E-state index in [2.05, 4.69) is 4.98 Å². The third kappa shape index (κ3) is 1.19. The molecule has 0 amide bonds. The molecule has 2 nitrogen and oxygen atoms in total. The van der Waals surface area contributed by atoms with E-state index in [0.717, 1.165) is 0 Å². The van der Waals surface area contributed by atoms with Crippen LogP contribution in [-0.2, 0) is 0 Å². The van der Waals surface area contributed by atoms with E-state index < -0.39 is 5.95 Å². The molecule has 0 N–H and O–H groups in total. The molecular weight excluding hydrogens is 157 g/mol. The quantitative estimate of drug-likeness (QED) is 0.587. The average molecular weight is 162 g/mol. The predicted molar refractivity (Wildman–Crippen MR) is 35.8 cm³/mol. The maximum Gasteiger partial charge on any atom is 0.235 e. The van der Waals surface area contributed by atoms with E-state index in [9.17, 15) is 4.39 Å².